The first kappa shape index (κ1) is 18.6. The van der Waals surface area contributed by atoms with Crippen LogP contribution in [-0.2, 0) is 6.42 Å². The molecule has 0 aliphatic heterocycles. The molecular formula is C21H24N4O2. The van der Waals surface area contributed by atoms with Gasteiger partial charge in [-0.1, -0.05) is 12.1 Å². The number of carbonyl (C=O) groups is 1. The Balaban J connectivity index is 1.74. The lowest BCUT2D eigenvalue weighted by molar-refractivity contribution is 0.0954. The van der Waals surface area contributed by atoms with Crippen molar-refractivity contribution >= 4 is 22.6 Å². The van der Waals surface area contributed by atoms with Gasteiger partial charge in [0.2, 0.25) is 0 Å². The number of H-pyrrole nitrogens is 1. The van der Waals surface area contributed by atoms with Gasteiger partial charge in [0.15, 0.2) is 0 Å². The maximum absolute atomic E-state index is 12.5. The summed E-state index contributed by atoms with van der Waals surface area (Å²) in [5.41, 5.74) is 4.16. The second-order valence-electron chi connectivity index (χ2n) is 6.87. The quantitative estimate of drug-likeness (QED) is 0.729. The Morgan fingerprint density at radius 1 is 1.22 bits per heavy atom. The van der Waals surface area contributed by atoms with Crippen molar-refractivity contribution in [2.24, 2.45) is 0 Å². The highest BCUT2D eigenvalue weighted by molar-refractivity contribution is 5.98. The average molecular weight is 364 g/mol. The number of hydrogen-bond donors (Lipinski definition) is 2. The highest BCUT2D eigenvalue weighted by atomic mass is 16.1. The molecule has 3 rings (SSSR count). The molecular weight excluding hydrogens is 340 g/mol. The molecule has 0 fully saturated rings. The molecule has 2 heterocycles. The number of nitrogens with one attached hydrogen (secondary N) is 2. The van der Waals surface area contributed by atoms with Gasteiger partial charge in [-0.25, -0.2) is 4.98 Å². The zero-order valence-corrected chi connectivity index (χ0v) is 16.1. The minimum atomic E-state index is -0.199. The second-order valence-corrected chi connectivity index (χ2v) is 6.87. The van der Waals surface area contributed by atoms with E-state index in [0.717, 1.165) is 22.0 Å². The van der Waals surface area contributed by atoms with Crippen molar-refractivity contribution in [1.82, 2.24) is 15.3 Å². The second kappa shape index (κ2) is 7.61. The average Bonchev–Trinajstić information content (AvgIpc) is 2.65. The number of anilines is 1. The zero-order chi connectivity index (χ0) is 19.6. The molecule has 0 aliphatic carbocycles. The lowest BCUT2D eigenvalue weighted by Gasteiger charge is -2.15. The van der Waals surface area contributed by atoms with Gasteiger partial charge in [0, 0.05) is 32.4 Å². The number of aromatic amines is 1. The summed E-state index contributed by atoms with van der Waals surface area (Å²) in [5.74, 6) is 0.417. The van der Waals surface area contributed by atoms with Crippen LogP contribution in [0.25, 0.3) is 10.9 Å². The van der Waals surface area contributed by atoms with Crippen molar-refractivity contribution < 1.29 is 4.79 Å². The fraction of sp³-hybridized carbons (Fsp3) is 0.286. The number of aromatic nitrogens is 2. The number of benzene rings is 1. The molecule has 6 heteroatoms. The Hall–Kier alpha value is -3.15. The number of aryl methyl sites for hydroxylation is 2. The SMILES string of the molecule is Cc1ccc2cc(CCNC(=O)c3cccnc3N(C)C)c(=O)[nH]c2c1C. The van der Waals surface area contributed by atoms with Gasteiger partial charge in [0.1, 0.15) is 5.82 Å². The zero-order valence-electron chi connectivity index (χ0n) is 16.1. The number of carbonyl (C=O) groups excluding carboxylic acids is 1. The van der Waals surface area contributed by atoms with Crippen LogP contribution < -0.4 is 15.8 Å². The summed E-state index contributed by atoms with van der Waals surface area (Å²) in [6, 6.07) is 9.44. The molecule has 6 nitrogen and oxygen atoms in total. The lowest BCUT2D eigenvalue weighted by atomic mass is 10.0. The minimum absolute atomic E-state index is 0.110. The van der Waals surface area contributed by atoms with Crippen molar-refractivity contribution in [3.63, 3.8) is 0 Å². The van der Waals surface area contributed by atoms with Crippen LogP contribution in [0.2, 0.25) is 0 Å². The summed E-state index contributed by atoms with van der Waals surface area (Å²) in [7, 11) is 3.69. The Morgan fingerprint density at radius 3 is 2.74 bits per heavy atom. The Labute approximate surface area is 158 Å². The van der Waals surface area contributed by atoms with Gasteiger partial charge >= 0.3 is 0 Å². The highest BCUT2D eigenvalue weighted by Crippen LogP contribution is 2.19. The third kappa shape index (κ3) is 3.84. The molecule has 0 aliphatic rings. The molecule has 2 N–H and O–H groups in total. The van der Waals surface area contributed by atoms with Crippen molar-refractivity contribution in [2.75, 3.05) is 25.5 Å². The van der Waals surface area contributed by atoms with E-state index >= 15 is 0 Å². The smallest absolute Gasteiger partial charge is 0.255 e. The maximum Gasteiger partial charge on any atom is 0.255 e. The van der Waals surface area contributed by atoms with Gasteiger partial charge in [-0.2, -0.15) is 0 Å². The van der Waals surface area contributed by atoms with E-state index in [1.165, 1.54) is 0 Å². The third-order valence-corrected chi connectivity index (χ3v) is 4.76. The molecule has 3 aromatic rings. The molecule has 0 saturated carbocycles. The molecule has 27 heavy (non-hydrogen) atoms. The van der Waals surface area contributed by atoms with E-state index in [0.29, 0.717) is 29.9 Å². The Morgan fingerprint density at radius 2 is 2.00 bits per heavy atom. The monoisotopic (exact) mass is 364 g/mol. The van der Waals surface area contributed by atoms with Crippen LogP contribution in [0.3, 0.4) is 0 Å². The lowest BCUT2D eigenvalue weighted by Crippen LogP contribution is -2.29. The van der Waals surface area contributed by atoms with Crippen LogP contribution in [-0.4, -0.2) is 36.5 Å². The minimum Gasteiger partial charge on any atom is -0.362 e. The van der Waals surface area contributed by atoms with Crippen LogP contribution >= 0.6 is 0 Å². The predicted molar refractivity (Wildman–Crippen MR) is 109 cm³/mol. The van der Waals surface area contributed by atoms with E-state index in [1.54, 1.807) is 23.2 Å². The number of nitrogens with zero attached hydrogens (tertiary/aromatic N) is 2. The molecule has 0 spiro atoms. The predicted octanol–water partition coefficient (Wildman–Crippen LogP) is 2.58. The van der Waals surface area contributed by atoms with Crippen LogP contribution in [0.4, 0.5) is 5.82 Å². The Bertz CT molecular complexity index is 1050. The van der Waals surface area contributed by atoms with E-state index in [1.807, 2.05) is 46.1 Å². The summed E-state index contributed by atoms with van der Waals surface area (Å²) in [5, 5.41) is 3.88. The summed E-state index contributed by atoms with van der Waals surface area (Å²) >= 11 is 0. The largest absolute Gasteiger partial charge is 0.362 e. The van der Waals surface area contributed by atoms with Crippen LogP contribution in [0.1, 0.15) is 27.0 Å². The van der Waals surface area contributed by atoms with Crippen molar-refractivity contribution in [1.29, 1.82) is 0 Å². The standard InChI is InChI=1S/C21H24N4O2/c1-13-7-8-15-12-16(20(26)24-18(15)14(13)2)9-11-23-21(27)17-6-5-10-22-19(17)25(3)4/h5-8,10,12H,9,11H2,1-4H3,(H,23,27)(H,24,26). The molecule has 0 saturated heterocycles. The van der Waals surface area contributed by atoms with Gasteiger partial charge in [-0.3, -0.25) is 9.59 Å². The fourth-order valence-corrected chi connectivity index (χ4v) is 3.09. The molecule has 1 amide bonds. The topological polar surface area (TPSA) is 78.1 Å². The highest BCUT2D eigenvalue weighted by Gasteiger charge is 2.13. The van der Waals surface area contributed by atoms with Crippen LogP contribution in [0.5, 0.6) is 0 Å². The van der Waals surface area contributed by atoms with E-state index in [4.69, 9.17) is 0 Å². The third-order valence-electron chi connectivity index (χ3n) is 4.76. The van der Waals surface area contributed by atoms with Gasteiger partial charge in [0.05, 0.1) is 11.1 Å². The van der Waals surface area contributed by atoms with E-state index < -0.39 is 0 Å². The number of pyridine rings is 2. The molecule has 0 bridgehead atoms. The molecule has 0 unspecified atom stereocenters. The van der Waals surface area contributed by atoms with E-state index in [2.05, 4.69) is 15.3 Å². The number of amides is 1. The summed E-state index contributed by atoms with van der Waals surface area (Å²) in [6.45, 7) is 4.40. The van der Waals surface area contributed by atoms with Crippen LogP contribution in [0, 0.1) is 13.8 Å². The Kier molecular flexibility index (Phi) is 5.26. The van der Waals surface area contributed by atoms with Crippen molar-refractivity contribution in [3.05, 3.63) is 69.1 Å². The first-order valence-corrected chi connectivity index (χ1v) is 8.91. The normalized spacial score (nSPS) is 10.8. The van der Waals surface area contributed by atoms with E-state index in [9.17, 15) is 9.59 Å². The van der Waals surface area contributed by atoms with Gasteiger partial charge < -0.3 is 15.2 Å². The molecule has 1 aromatic carbocycles. The fourth-order valence-electron chi connectivity index (χ4n) is 3.09. The number of rotatable bonds is 5. The van der Waals surface area contributed by atoms with Crippen molar-refractivity contribution in [3.8, 4) is 0 Å². The van der Waals surface area contributed by atoms with Crippen molar-refractivity contribution in [2.45, 2.75) is 20.3 Å². The molecule has 140 valence electrons. The number of fused-ring (bicyclic) bond motifs is 1. The molecule has 0 radical (unpaired) electrons. The maximum atomic E-state index is 12.5. The van der Waals surface area contributed by atoms with Gasteiger partial charge in [0.25, 0.3) is 11.5 Å². The van der Waals surface area contributed by atoms with Gasteiger partial charge in [-0.05, 0) is 55.0 Å². The van der Waals surface area contributed by atoms with Gasteiger partial charge in [-0.15, -0.1) is 0 Å². The van der Waals surface area contributed by atoms with E-state index in [-0.39, 0.29) is 11.5 Å². The summed E-state index contributed by atoms with van der Waals surface area (Å²) < 4.78 is 0. The summed E-state index contributed by atoms with van der Waals surface area (Å²) in [6.07, 6.45) is 2.12. The first-order chi connectivity index (χ1) is 12.9. The first-order valence-electron chi connectivity index (χ1n) is 8.91. The molecule has 0 atom stereocenters. The van der Waals surface area contributed by atoms with Crippen LogP contribution in [0.15, 0.2) is 41.3 Å². The molecule has 2 aromatic heterocycles. The number of hydrogen-bond acceptors (Lipinski definition) is 4. The summed E-state index contributed by atoms with van der Waals surface area (Å²) in [4.78, 5) is 33.9.